The van der Waals surface area contributed by atoms with Crippen molar-refractivity contribution in [3.05, 3.63) is 48.0 Å². The number of carbonyl (C=O) groups excluding carboxylic acids is 4. The normalized spacial score (nSPS) is 13.9. The molecule has 0 aliphatic heterocycles. The Kier molecular flexibility index (Phi) is 8.66. The van der Waals surface area contributed by atoms with Crippen LogP contribution in [0.4, 0.5) is 16.2 Å². The maximum absolute atomic E-state index is 13.0. The van der Waals surface area contributed by atoms with Gasteiger partial charge in [-0.2, -0.15) is 0 Å². The zero-order valence-electron chi connectivity index (χ0n) is 19.9. The molecule has 35 heavy (non-hydrogen) atoms. The molecule has 10 nitrogen and oxygen atoms in total. The summed E-state index contributed by atoms with van der Waals surface area (Å²) in [4.78, 5) is 50.2. The Morgan fingerprint density at radius 3 is 2.17 bits per heavy atom. The van der Waals surface area contributed by atoms with E-state index in [4.69, 9.17) is 14.2 Å². The van der Waals surface area contributed by atoms with Gasteiger partial charge in [-0.25, -0.2) is 9.59 Å². The number of anilines is 2. The van der Waals surface area contributed by atoms with E-state index in [1.54, 1.807) is 30.3 Å². The van der Waals surface area contributed by atoms with Gasteiger partial charge in [0.05, 0.1) is 25.5 Å². The number of nitrogens with one attached hydrogen (secondary N) is 3. The quantitative estimate of drug-likeness (QED) is 0.488. The standard InChI is InChI=1S/C25H29N3O7/c1-15(22(29)28-25(32)26-17-11-5-4-6-12-17)35-24(31)18-13-20(33-2)21(34-3)14-19(18)27-23(30)16-9-7-8-10-16/h4-6,11-16H,7-10H2,1-3H3,(H,27,30)(H2,26,28,29,32)/t15-/m1/s1. The maximum Gasteiger partial charge on any atom is 0.341 e. The molecule has 0 bridgehead atoms. The number of rotatable bonds is 8. The molecular formula is C25H29N3O7. The minimum absolute atomic E-state index is 0.0117. The van der Waals surface area contributed by atoms with Gasteiger partial charge in [0.2, 0.25) is 5.91 Å². The summed E-state index contributed by atoms with van der Waals surface area (Å²) in [6, 6.07) is 10.6. The molecule has 3 rings (SSSR count). The summed E-state index contributed by atoms with van der Waals surface area (Å²) in [5.41, 5.74) is 0.664. The molecule has 0 unspecified atom stereocenters. The molecule has 1 aliphatic rings. The zero-order valence-corrected chi connectivity index (χ0v) is 19.9. The van der Waals surface area contributed by atoms with Crippen LogP contribution in [0.15, 0.2) is 42.5 Å². The molecule has 186 valence electrons. The number of hydrogen-bond donors (Lipinski definition) is 3. The van der Waals surface area contributed by atoms with Gasteiger partial charge >= 0.3 is 12.0 Å². The van der Waals surface area contributed by atoms with E-state index in [9.17, 15) is 19.2 Å². The Morgan fingerprint density at radius 2 is 1.54 bits per heavy atom. The van der Waals surface area contributed by atoms with Crippen LogP contribution < -0.4 is 25.4 Å². The molecule has 0 spiro atoms. The van der Waals surface area contributed by atoms with Crippen LogP contribution in [-0.4, -0.2) is 44.1 Å². The summed E-state index contributed by atoms with van der Waals surface area (Å²) in [6.45, 7) is 1.33. The molecule has 1 fully saturated rings. The third-order valence-corrected chi connectivity index (χ3v) is 5.65. The lowest BCUT2D eigenvalue weighted by Crippen LogP contribution is -2.41. The number of hydrogen-bond acceptors (Lipinski definition) is 7. The summed E-state index contributed by atoms with van der Waals surface area (Å²) < 4.78 is 15.9. The molecule has 2 aromatic rings. The average molecular weight is 484 g/mol. The molecule has 0 aromatic heterocycles. The van der Waals surface area contributed by atoms with Crippen molar-refractivity contribution in [2.45, 2.75) is 38.7 Å². The molecule has 0 saturated heterocycles. The highest BCUT2D eigenvalue weighted by Gasteiger charge is 2.27. The third kappa shape index (κ3) is 6.72. The Morgan fingerprint density at radius 1 is 0.914 bits per heavy atom. The van der Waals surface area contributed by atoms with Crippen LogP contribution in [-0.2, 0) is 14.3 Å². The first kappa shape index (κ1) is 25.5. The van der Waals surface area contributed by atoms with Gasteiger partial charge in [0.1, 0.15) is 0 Å². The first-order valence-electron chi connectivity index (χ1n) is 11.3. The summed E-state index contributed by atoms with van der Waals surface area (Å²) in [6.07, 6.45) is 2.21. The van der Waals surface area contributed by atoms with Gasteiger partial charge in [-0.3, -0.25) is 14.9 Å². The highest BCUT2D eigenvalue weighted by atomic mass is 16.5. The van der Waals surface area contributed by atoms with Crippen LogP contribution >= 0.6 is 0 Å². The summed E-state index contributed by atoms with van der Waals surface area (Å²) in [5, 5.41) is 7.42. The maximum atomic E-state index is 13.0. The fourth-order valence-corrected chi connectivity index (χ4v) is 3.75. The van der Waals surface area contributed by atoms with E-state index in [0.29, 0.717) is 11.4 Å². The fraction of sp³-hybridized carbons (Fsp3) is 0.360. The number of amides is 4. The van der Waals surface area contributed by atoms with Gasteiger partial charge in [0.25, 0.3) is 5.91 Å². The van der Waals surface area contributed by atoms with E-state index in [1.165, 1.54) is 33.3 Å². The van der Waals surface area contributed by atoms with Crippen molar-refractivity contribution in [1.29, 1.82) is 0 Å². The Bertz CT molecular complexity index is 1080. The first-order valence-corrected chi connectivity index (χ1v) is 11.3. The number of urea groups is 1. The second-order valence-corrected chi connectivity index (χ2v) is 8.08. The summed E-state index contributed by atoms with van der Waals surface area (Å²) in [5.74, 6) is -1.47. The van der Waals surface area contributed by atoms with Crippen molar-refractivity contribution in [2.75, 3.05) is 24.9 Å². The molecule has 2 aromatic carbocycles. The Balaban J connectivity index is 1.71. The lowest BCUT2D eigenvalue weighted by molar-refractivity contribution is -0.127. The summed E-state index contributed by atoms with van der Waals surface area (Å²) >= 11 is 0. The number of benzene rings is 2. The molecule has 1 atom stereocenters. The van der Waals surface area contributed by atoms with Crippen LogP contribution in [0.2, 0.25) is 0 Å². The smallest absolute Gasteiger partial charge is 0.341 e. The second-order valence-electron chi connectivity index (χ2n) is 8.08. The van der Waals surface area contributed by atoms with Crippen LogP contribution in [0.3, 0.4) is 0 Å². The van der Waals surface area contributed by atoms with Crippen molar-refractivity contribution in [1.82, 2.24) is 5.32 Å². The summed E-state index contributed by atoms with van der Waals surface area (Å²) in [7, 11) is 2.84. The van der Waals surface area contributed by atoms with E-state index in [-0.39, 0.29) is 28.8 Å². The molecule has 4 amide bonds. The van der Waals surface area contributed by atoms with E-state index in [2.05, 4.69) is 16.0 Å². The van der Waals surface area contributed by atoms with Gasteiger partial charge in [0.15, 0.2) is 17.6 Å². The largest absolute Gasteiger partial charge is 0.493 e. The van der Waals surface area contributed by atoms with E-state index in [0.717, 1.165) is 25.7 Å². The van der Waals surface area contributed by atoms with Gasteiger partial charge < -0.3 is 24.8 Å². The number of para-hydroxylation sites is 1. The number of imide groups is 1. The van der Waals surface area contributed by atoms with Crippen LogP contribution in [0, 0.1) is 5.92 Å². The molecule has 1 saturated carbocycles. The molecule has 0 radical (unpaired) electrons. The van der Waals surface area contributed by atoms with E-state index in [1.807, 2.05) is 0 Å². The topological polar surface area (TPSA) is 132 Å². The van der Waals surface area contributed by atoms with E-state index >= 15 is 0 Å². The minimum atomic E-state index is -1.30. The molecule has 0 heterocycles. The predicted octanol–water partition coefficient (Wildman–Crippen LogP) is 3.73. The van der Waals surface area contributed by atoms with Crippen molar-refractivity contribution < 1.29 is 33.4 Å². The molecule has 3 N–H and O–H groups in total. The van der Waals surface area contributed by atoms with Crippen molar-refractivity contribution in [3.8, 4) is 11.5 Å². The minimum Gasteiger partial charge on any atom is -0.493 e. The van der Waals surface area contributed by atoms with Crippen LogP contribution in [0.25, 0.3) is 0 Å². The van der Waals surface area contributed by atoms with E-state index < -0.39 is 24.0 Å². The van der Waals surface area contributed by atoms with Crippen LogP contribution in [0.1, 0.15) is 43.0 Å². The van der Waals surface area contributed by atoms with Gasteiger partial charge in [-0.1, -0.05) is 31.0 Å². The average Bonchev–Trinajstić information content (AvgIpc) is 3.39. The highest BCUT2D eigenvalue weighted by molar-refractivity contribution is 6.05. The first-order chi connectivity index (χ1) is 16.8. The molecule has 10 heteroatoms. The van der Waals surface area contributed by atoms with Gasteiger partial charge in [-0.15, -0.1) is 0 Å². The highest BCUT2D eigenvalue weighted by Crippen LogP contribution is 2.35. The number of methoxy groups -OCH3 is 2. The Labute approximate surface area is 203 Å². The predicted molar refractivity (Wildman–Crippen MR) is 129 cm³/mol. The number of esters is 1. The number of ether oxygens (including phenoxy) is 3. The van der Waals surface area contributed by atoms with Crippen molar-refractivity contribution in [2.24, 2.45) is 5.92 Å². The molecular weight excluding hydrogens is 454 g/mol. The Hall–Kier alpha value is -4.08. The van der Waals surface area contributed by atoms with Crippen molar-refractivity contribution in [3.63, 3.8) is 0 Å². The van der Waals surface area contributed by atoms with Gasteiger partial charge in [0, 0.05) is 23.7 Å². The molecule has 1 aliphatic carbocycles. The lowest BCUT2D eigenvalue weighted by Gasteiger charge is -2.18. The second kappa shape index (κ2) is 11.9. The monoisotopic (exact) mass is 483 g/mol. The SMILES string of the molecule is COc1cc(NC(=O)C2CCCC2)c(C(=O)O[C@H](C)C(=O)NC(=O)Nc2ccccc2)cc1OC. The number of carbonyl (C=O) groups is 4. The fourth-order valence-electron chi connectivity index (χ4n) is 3.75. The van der Waals surface area contributed by atoms with Crippen molar-refractivity contribution >= 4 is 35.2 Å². The lowest BCUT2D eigenvalue weighted by atomic mass is 10.1. The third-order valence-electron chi connectivity index (χ3n) is 5.65. The zero-order chi connectivity index (χ0) is 25.4. The van der Waals surface area contributed by atoms with Gasteiger partial charge in [-0.05, 0) is 31.9 Å². The van der Waals surface area contributed by atoms with Crippen LogP contribution in [0.5, 0.6) is 11.5 Å².